The Balaban J connectivity index is 1.58. The smallest absolute Gasteiger partial charge is 0.234 e. The summed E-state index contributed by atoms with van der Waals surface area (Å²) in [6, 6.07) is 14.7. The fraction of sp³-hybridized carbons (Fsp3) is 0.167. The van der Waals surface area contributed by atoms with E-state index in [2.05, 4.69) is 26.2 Å². The van der Waals surface area contributed by atoms with E-state index >= 15 is 0 Å². The third-order valence-corrected chi connectivity index (χ3v) is 4.46. The monoisotopic (exact) mass is 382 g/mol. The first-order chi connectivity index (χ1) is 13.0. The molecule has 0 atom stereocenters. The molecule has 0 aliphatic heterocycles. The number of carbonyl (C=O) groups is 2. The molecule has 2 aromatic carbocycles. The average Bonchev–Trinajstić information content (AvgIpc) is 3.10. The van der Waals surface area contributed by atoms with E-state index in [1.807, 2.05) is 31.2 Å². The second-order valence-electron chi connectivity index (χ2n) is 5.80. The van der Waals surface area contributed by atoms with Gasteiger partial charge in [0, 0.05) is 18.3 Å². The normalized spacial score (nSPS) is 10.4. The lowest BCUT2D eigenvalue weighted by Gasteiger charge is -2.07. The lowest BCUT2D eigenvalue weighted by Crippen LogP contribution is -2.14. The number of amides is 2. The molecule has 1 aromatic heterocycles. The summed E-state index contributed by atoms with van der Waals surface area (Å²) in [5.74, 6) is -0.153. The van der Waals surface area contributed by atoms with Gasteiger partial charge < -0.3 is 10.6 Å². The molecule has 0 saturated carbocycles. The van der Waals surface area contributed by atoms with Crippen LogP contribution in [0, 0.1) is 6.92 Å². The number of anilines is 2. The van der Waals surface area contributed by atoms with Crippen molar-refractivity contribution >= 4 is 35.0 Å². The van der Waals surface area contributed by atoms with Crippen molar-refractivity contribution in [1.29, 1.82) is 0 Å². The number of carbonyl (C=O) groups excluding carboxylic acids is 2. The van der Waals surface area contributed by atoms with Crippen LogP contribution in [-0.2, 0) is 9.59 Å². The maximum Gasteiger partial charge on any atom is 0.234 e. The summed E-state index contributed by atoms with van der Waals surface area (Å²) < 4.78 is 1.60. The Morgan fingerprint density at radius 2 is 1.63 bits per heavy atom. The van der Waals surface area contributed by atoms with E-state index < -0.39 is 0 Å². The van der Waals surface area contributed by atoms with Crippen LogP contribution in [0.15, 0.2) is 53.7 Å². The van der Waals surface area contributed by atoms with Crippen LogP contribution in [0.25, 0.3) is 5.69 Å². The van der Waals surface area contributed by atoms with E-state index in [0.717, 1.165) is 11.3 Å². The molecule has 0 saturated heterocycles. The number of aromatic nitrogens is 4. The van der Waals surface area contributed by atoms with Gasteiger partial charge in [-0.3, -0.25) is 9.59 Å². The molecule has 2 N–H and O–H groups in total. The minimum atomic E-state index is -0.175. The standard InChI is InChI=1S/C18H18N6O2S/c1-12-3-9-16(10-4-12)24-18(21-22-23-24)27-11-17(26)20-15-7-5-14(6-8-15)19-13(2)25/h3-10H,11H2,1-2H3,(H,19,25)(H,20,26). The van der Waals surface area contributed by atoms with Gasteiger partial charge in [-0.25, -0.2) is 0 Å². The predicted molar refractivity (Wildman–Crippen MR) is 104 cm³/mol. The zero-order valence-corrected chi connectivity index (χ0v) is 15.7. The number of benzene rings is 2. The second kappa shape index (κ2) is 8.45. The highest BCUT2D eigenvalue weighted by atomic mass is 32.2. The quantitative estimate of drug-likeness (QED) is 0.636. The van der Waals surface area contributed by atoms with Crippen molar-refractivity contribution < 1.29 is 9.59 Å². The number of rotatable bonds is 6. The molecule has 1 heterocycles. The third-order valence-electron chi connectivity index (χ3n) is 3.54. The van der Waals surface area contributed by atoms with E-state index in [0.29, 0.717) is 16.5 Å². The average molecular weight is 382 g/mol. The summed E-state index contributed by atoms with van der Waals surface area (Å²) in [7, 11) is 0. The first-order valence-electron chi connectivity index (χ1n) is 8.17. The number of thioether (sulfide) groups is 1. The van der Waals surface area contributed by atoms with Gasteiger partial charge >= 0.3 is 0 Å². The summed E-state index contributed by atoms with van der Waals surface area (Å²) in [5, 5.41) is 17.7. The molecule has 0 aliphatic carbocycles. The molecule has 9 heteroatoms. The highest BCUT2D eigenvalue weighted by Crippen LogP contribution is 2.19. The lowest BCUT2D eigenvalue weighted by molar-refractivity contribution is -0.114. The van der Waals surface area contributed by atoms with Crippen molar-refractivity contribution in [2.24, 2.45) is 0 Å². The number of hydrogen-bond donors (Lipinski definition) is 2. The number of nitrogens with zero attached hydrogens (tertiary/aromatic N) is 4. The van der Waals surface area contributed by atoms with Crippen LogP contribution in [-0.4, -0.2) is 37.8 Å². The molecule has 138 valence electrons. The molecule has 3 aromatic rings. The minimum absolute atomic E-state index is 0.144. The number of nitrogens with one attached hydrogen (secondary N) is 2. The molecule has 2 amide bonds. The van der Waals surface area contributed by atoms with E-state index in [4.69, 9.17) is 0 Å². The fourth-order valence-electron chi connectivity index (χ4n) is 2.28. The lowest BCUT2D eigenvalue weighted by atomic mass is 10.2. The van der Waals surface area contributed by atoms with Crippen molar-refractivity contribution in [3.63, 3.8) is 0 Å². The van der Waals surface area contributed by atoms with Crippen molar-refractivity contribution in [1.82, 2.24) is 20.2 Å². The Morgan fingerprint density at radius 1 is 1.00 bits per heavy atom. The number of aryl methyl sites for hydroxylation is 1. The largest absolute Gasteiger partial charge is 0.326 e. The van der Waals surface area contributed by atoms with Crippen LogP contribution in [0.5, 0.6) is 0 Å². The van der Waals surface area contributed by atoms with Crippen LogP contribution >= 0.6 is 11.8 Å². The molecule has 0 bridgehead atoms. The molecule has 0 radical (unpaired) electrons. The first-order valence-corrected chi connectivity index (χ1v) is 9.15. The van der Waals surface area contributed by atoms with Gasteiger partial charge in [-0.15, -0.1) is 5.10 Å². The predicted octanol–water partition coefficient (Wildman–Crippen LogP) is 2.66. The van der Waals surface area contributed by atoms with Crippen LogP contribution in [0.1, 0.15) is 12.5 Å². The van der Waals surface area contributed by atoms with Gasteiger partial charge in [-0.1, -0.05) is 29.5 Å². The Kier molecular flexibility index (Phi) is 5.82. The van der Waals surface area contributed by atoms with Crippen molar-refractivity contribution in [2.45, 2.75) is 19.0 Å². The van der Waals surface area contributed by atoms with Gasteiger partial charge in [0.15, 0.2) is 0 Å². The van der Waals surface area contributed by atoms with Crippen molar-refractivity contribution in [3.8, 4) is 5.69 Å². The summed E-state index contributed by atoms with van der Waals surface area (Å²) in [5.41, 5.74) is 3.30. The number of tetrazole rings is 1. The van der Waals surface area contributed by atoms with Crippen LogP contribution in [0.3, 0.4) is 0 Å². The molecule has 0 unspecified atom stereocenters. The summed E-state index contributed by atoms with van der Waals surface area (Å²) in [6.07, 6.45) is 0. The molecule has 3 rings (SSSR count). The van der Waals surface area contributed by atoms with Gasteiger partial charge in [0.05, 0.1) is 11.4 Å². The third kappa shape index (κ3) is 5.14. The maximum atomic E-state index is 12.2. The molecule has 0 spiro atoms. The summed E-state index contributed by atoms with van der Waals surface area (Å²) in [4.78, 5) is 23.2. The second-order valence-corrected chi connectivity index (χ2v) is 6.75. The van der Waals surface area contributed by atoms with Crippen molar-refractivity contribution in [2.75, 3.05) is 16.4 Å². The van der Waals surface area contributed by atoms with Crippen LogP contribution in [0.4, 0.5) is 11.4 Å². The molecule has 27 heavy (non-hydrogen) atoms. The Morgan fingerprint density at radius 3 is 2.26 bits per heavy atom. The molecular weight excluding hydrogens is 364 g/mol. The SMILES string of the molecule is CC(=O)Nc1ccc(NC(=O)CSc2nnnn2-c2ccc(C)cc2)cc1. The Labute approximate surface area is 160 Å². The zero-order valence-electron chi connectivity index (χ0n) is 14.8. The molecular formula is C18H18N6O2S. The van der Waals surface area contributed by atoms with Crippen molar-refractivity contribution in [3.05, 3.63) is 54.1 Å². The van der Waals surface area contributed by atoms with Gasteiger partial charge in [-0.05, 0) is 53.7 Å². The van der Waals surface area contributed by atoms with Gasteiger partial charge in [0.2, 0.25) is 17.0 Å². The molecule has 8 nitrogen and oxygen atoms in total. The fourth-order valence-corrected chi connectivity index (χ4v) is 2.98. The van der Waals surface area contributed by atoms with Crippen LogP contribution < -0.4 is 10.6 Å². The zero-order chi connectivity index (χ0) is 19.2. The van der Waals surface area contributed by atoms with Crippen LogP contribution in [0.2, 0.25) is 0 Å². The highest BCUT2D eigenvalue weighted by molar-refractivity contribution is 7.99. The van der Waals surface area contributed by atoms with E-state index in [1.54, 1.807) is 28.9 Å². The van der Waals surface area contributed by atoms with Gasteiger partial charge in [0.25, 0.3) is 0 Å². The first kappa shape index (κ1) is 18.6. The highest BCUT2D eigenvalue weighted by Gasteiger charge is 2.11. The molecule has 0 aliphatic rings. The topological polar surface area (TPSA) is 102 Å². The van der Waals surface area contributed by atoms with E-state index in [1.165, 1.54) is 18.7 Å². The maximum absolute atomic E-state index is 12.2. The Bertz CT molecular complexity index is 937. The van der Waals surface area contributed by atoms with Gasteiger partial charge in [-0.2, -0.15) is 4.68 Å². The Hall–Kier alpha value is -3.20. The van der Waals surface area contributed by atoms with Gasteiger partial charge in [0.1, 0.15) is 0 Å². The number of hydrogen-bond acceptors (Lipinski definition) is 6. The summed E-state index contributed by atoms with van der Waals surface area (Å²) in [6.45, 7) is 3.45. The summed E-state index contributed by atoms with van der Waals surface area (Å²) >= 11 is 1.25. The van der Waals surface area contributed by atoms with E-state index in [-0.39, 0.29) is 17.6 Å². The molecule has 0 fully saturated rings. The van der Waals surface area contributed by atoms with E-state index in [9.17, 15) is 9.59 Å². The minimum Gasteiger partial charge on any atom is -0.326 e.